The first-order chi connectivity index (χ1) is 13.0. The molecule has 0 amide bonds. The predicted molar refractivity (Wildman–Crippen MR) is 106 cm³/mol. The SMILES string of the molecule is CN(C)c1ccc(/C=C/C(=O)C2=C(OB(F)F)c3ccccc3CC2)cc1. The summed E-state index contributed by atoms with van der Waals surface area (Å²) < 4.78 is 30.6. The van der Waals surface area contributed by atoms with Crippen molar-refractivity contribution in [2.45, 2.75) is 12.8 Å². The van der Waals surface area contributed by atoms with Crippen molar-refractivity contribution in [3.8, 4) is 0 Å². The zero-order valence-electron chi connectivity index (χ0n) is 15.3. The number of benzene rings is 2. The van der Waals surface area contributed by atoms with E-state index in [0.717, 1.165) is 16.8 Å². The third kappa shape index (κ3) is 4.45. The van der Waals surface area contributed by atoms with E-state index in [2.05, 4.69) is 0 Å². The molecule has 0 unspecified atom stereocenters. The van der Waals surface area contributed by atoms with Gasteiger partial charge >= 0.3 is 7.47 Å². The molecule has 0 aliphatic heterocycles. The van der Waals surface area contributed by atoms with Crippen LogP contribution in [-0.4, -0.2) is 27.3 Å². The van der Waals surface area contributed by atoms with Crippen LogP contribution in [0.1, 0.15) is 23.1 Å². The Labute approximate surface area is 158 Å². The lowest BCUT2D eigenvalue weighted by molar-refractivity contribution is -0.111. The highest BCUT2D eigenvalue weighted by Crippen LogP contribution is 2.33. The standard InChI is InChI=1S/C21H20BF2NO2/c1-25(2)17-11-7-15(8-12-17)9-14-20(26)19-13-10-16-5-3-4-6-18(16)21(19)27-22(23)24/h3-9,11-12,14H,10,13H2,1-2H3/b14-9+. The quantitative estimate of drug-likeness (QED) is 0.551. The summed E-state index contributed by atoms with van der Waals surface area (Å²) in [6.45, 7) is 0. The minimum Gasteiger partial charge on any atom is -0.504 e. The fourth-order valence-corrected chi connectivity index (χ4v) is 3.11. The highest BCUT2D eigenvalue weighted by atomic mass is 19.2. The Hall–Kier alpha value is -2.89. The average molecular weight is 367 g/mol. The van der Waals surface area contributed by atoms with Gasteiger partial charge in [-0.05, 0) is 42.2 Å². The number of rotatable bonds is 6. The number of nitrogens with zero attached hydrogens (tertiary/aromatic N) is 1. The summed E-state index contributed by atoms with van der Waals surface area (Å²) in [7, 11) is 0.926. The molecule has 27 heavy (non-hydrogen) atoms. The Morgan fingerprint density at radius 1 is 1.07 bits per heavy atom. The number of allylic oxidation sites excluding steroid dienone is 2. The topological polar surface area (TPSA) is 29.5 Å². The molecule has 1 aliphatic carbocycles. The third-order valence-electron chi connectivity index (χ3n) is 4.52. The highest BCUT2D eigenvalue weighted by molar-refractivity contribution is 6.36. The van der Waals surface area contributed by atoms with Gasteiger partial charge in [0, 0.05) is 30.9 Å². The van der Waals surface area contributed by atoms with E-state index in [9.17, 15) is 13.4 Å². The summed E-state index contributed by atoms with van der Waals surface area (Å²) in [4.78, 5) is 14.7. The molecule has 0 saturated heterocycles. The molecule has 2 aromatic rings. The minimum absolute atomic E-state index is 0.00976. The van der Waals surface area contributed by atoms with Crippen LogP contribution < -0.4 is 4.90 Å². The zero-order chi connectivity index (χ0) is 19.4. The highest BCUT2D eigenvalue weighted by Gasteiger charge is 2.28. The molecule has 0 aromatic heterocycles. The molecule has 3 rings (SSSR count). The van der Waals surface area contributed by atoms with Crippen molar-refractivity contribution < 1.29 is 18.1 Å². The fraction of sp³-hybridized carbons (Fsp3) is 0.190. The monoisotopic (exact) mass is 367 g/mol. The molecule has 138 valence electrons. The third-order valence-corrected chi connectivity index (χ3v) is 4.52. The maximum atomic E-state index is 12.9. The number of carbonyl (C=O) groups excluding carboxylic acids is 1. The maximum absolute atomic E-state index is 12.9. The molecule has 2 aromatic carbocycles. The number of hydrogen-bond acceptors (Lipinski definition) is 3. The minimum atomic E-state index is -2.98. The first-order valence-electron chi connectivity index (χ1n) is 8.71. The van der Waals surface area contributed by atoms with E-state index in [1.807, 2.05) is 55.4 Å². The summed E-state index contributed by atoms with van der Waals surface area (Å²) in [5.41, 5.74) is 3.68. The van der Waals surface area contributed by atoms with Crippen LogP contribution in [0, 0.1) is 0 Å². The Morgan fingerprint density at radius 2 is 1.78 bits per heavy atom. The molecule has 0 fully saturated rings. The van der Waals surface area contributed by atoms with Gasteiger partial charge in [-0.2, -0.15) is 0 Å². The van der Waals surface area contributed by atoms with E-state index in [0.29, 0.717) is 18.4 Å². The van der Waals surface area contributed by atoms with E-state index in [-0.39, 0.29) is 17.1 Å². The smallest absolute Gasteiger partial charge is 0.504 e. The molecule has 0 spiro atoms. The van der Waals surface area contributed by atoms with Crippen molar-refractivity contribution in [1.82, 2.24) is 0 Å². The first kappa shape index (κ1) is 18.9. The van der Waals surface area contributed by atoms with Gasteiger partial charge in [-0.25, -0.2) is 8.63 Å². The van der Waals surface area contributed by atoms with Crippen molar-refractivity contribution >= 4 is 30.8 Å². The van der Waals surface area contributed by atoms with Crippen LogP contribution in [0.4, 0.5) is 14.3 Å². The van der Waals surface area contributed by atoms with Gasteiger partial charge in [0.1, 0.15) is 5.76 Å². The van der Waals surface area contributed by atoms with Crippen LogP contribution in [0.3, 0.4) is 0 Å². The van der Waals surface area contributed by atoms with Gasteiger partial charge in [-0.15, -0.1) is 0 Å². The predicted octanol–water partition coefficient (Wildman–Crippen LogP) is 4.63. The number of fused-ring (bicyclic) bond motifs is 1. The number of hydrogen-bond donors (Lipinski definition) is 0. The molecule has 0 atom stereocenters. The average Bonchev–Trinajstić information content (AvgIpc) is 2.66. The summed E-state index contributed by atoms with van der Waals surface area (Å²) in [5.74, 6) is -0.318. The lowest BCUT2D eigenvalue weighted by atomic mass is 9.88. The van der Waals surface area contributed by atoms with Crippen molar-refractivity contribution in [2.24, 2.45) is 0 Å². The lowest BCUT2D eigenvalue weighted by Crippen LogP contribution is -2.16. The van der Waals surface area contributed by atoms with E-state index in [4.69, 9.17) is 4.65 Å². The van der Waals surface area contributed by atoms with E-state index < -0.39 is 7.47 Å². The van der Waals surface area contributed by atoms with E-state index in [1.165, 1.54) is 6.08 Å². The van der Waals surface area contributed by atoms with Crippen LogP contribution in [-0.2, 0) is 15.9 Å². The van der Waals surface area contributed by atoms with Crippen LogP contribution in [0.5, 0.6) is 0 Å². The molecular formula is C21H20BF2NO2. The van der Waals surface area contributed by atoms with Crippen LogP contribution >= 0.6 is 0 Å². The Bertz CT molecular complexity index is 889. The molecule has 0 bridgehead atoms. The number of halogens is 2. The largest absolute Gasteiger partial charge is 0.796 e. The molecule has 3 nitrogen and oxygen atoms in total. The van der Waals surface area contributed by atoms with E-state index in [1.54, 1.807) is 18.2 Å². The number of aryl methyl sites for hydroxylation is 1. The number of anilines is 1. The molecular weight excluding hydrogens is 347 g/mol. The fourth-order valence-electron chi connectivity index (χ4n) is 3.11. The summed E-state index contributed by atoms with van der Waals surface area (Å²) >= 11 is 0. The van der Waals surface area contributed by atoms with Crippen LogP contribution in [0.2, 0.25) is 0 Å². The second-order valence-electron chi connectivity index (χ2n) is 6.53. The maximum Gasteiger partial charge on any atom is 0.796 e. The number of ketones is 1. The van der Waals surface area contributed by atoms with Crippen molar-refractivity contribution in [2.75, 3.05) is 19.0 Å². The van der Waals surface area contributed by atoms with Gasteiger partial charge in [0.15, 0.2) is 5.78 Å². The van der Waals surface area contributed by atoms with Gasteiger partial charge in [-0.1, -0.05) is 42.5 Å². The molecule has 0 N–H and O–H groups in total. The van der Waals surface area contributed by atoms with Crippen LogP contribution in [0.15, 0.2) is 60.2 Å². The molecule has 0 saturated carbocycles. The summed E-state index contributed by atoms with van der Waals surface area (Å²) in [6, 6.07) is 14.9. The molecule has 0 heterocycles. The summed E-state index contributed by atoms with van der Waals surface area (Å²) in [6.07, 6.45) is 4.11. The van der Waals surface area contributed by atoms with Crippen LogP contribution in [0.25, 0.3) is 11.8 Å². The van der Waals surface area contributed by atoms with Crippen molar-refractivity contribution in [3.05, 3.63) is 76.9 Å². The van der Waals surface area contributed by atoms with Gasteiger partial charge in [0.2, 0.25) is 0 Å². The Balaban J connectivity index is 1.88. The lowest BCUT2D eigenvalue weighted by Gasteiger charge is -2.22. The van der Waals surface area contributed by atoms with E-state index >= 15 is 0 Å². The van der Waals surface area contributed by atoms with Gasteiger partial charge in [-0.3, -0.25) is 4.79 Å². The van der Waals surface area contributed by atoms with Gasteiger partial charge < -0.3 is 9.55 Å². The van der Waals surface area contributed by atoms with Gasteiger partial charge in [0.05, 0.1) is 0 Å². The summed E-state index contributed by atoms with van der Waals surface area (Å²) in [5, 5.41) is 0. The Kier molecular flexibility index (Phi) is 5.74. The number of carbonyl (C=O) groups is 1. The Morgan fingerprint density at radius 3 is 2.44 bits per heavy atom. The zero-order valence-corrected chi connectivity index (χ0v) is 15.3. The second-order valence-corrected chi connectivity index (χ2v) is 6.53. The first-order valence-corrected chi connectivity index (χ1v) is 8.71. The molecule has 0 radical (unpaired) electrons. The normalized spacial score (nSPS) is 13.5. The molecule has 1 aliphatic rings. The molecule has 6 heteroatoms. The van der Waals surface area contributed by atoms with Crippen molar-refractivity contribution in [3.63, 3.8) is 0 Å². The van der Waals surface area contributed by atoms with Gasteiger partial charge in [0.25, 0.3) is 0 Å². The second kappa shape index (κ2) is 8.21. The van der Waals surface area contributed by atoms with Crippen molar-refractivity contribution in [1.29, 1.82) is 0 Å².